The lowest BCUT2D eigenvalue weighted by atomic mass is 9.99. The van der Waals surface area contributed by atoms with Crippen LogP contribution in [-0.4, -0.2) is 24.1 Å². The van der Waals surface area contributed by atoms with Crippen LogP contribution in [0.3, 0.4) is 0 Å². The van der Waals surface area contributed by atoms with Crippen LogP contribution < -0.4 is 4.74 Å². The molecule has 0 spiro atoms. The maximum absolute atomic E-state index is 12.0. The van der Waals surface area contributed by atoms with Gasteiger partial charge in [-0.25, -0.2) is 0 Å². The van der Waals surface area contributed by atoms with Crippen molar-refractivity contribution < 1.29 is 14.6 Å². The molecule has 0 saturated heterocycles. The number of methoxy groups -OCH3 is 1. The number of rotatable bonds is 2. The number of ether oxygens (including phenoxy) is 1. The van der Waals surface area contributed by atoms with E-state index in [9.17, 15) is 9.90 Å². The van der Waals surface area contributed by atoms with Crippen LogP contribution in [0.5, 0.6) is 5.75 Å². The lowest BCUT2D eigenvalue weighted by Crippen LogP contribution is -2.22. The third-order valence-corrected chi connectivity index (χ3v) is 2.94. The van der Waals surface area contributed by atoms with Crippen LogP contribution >= 0.6 is 0 Å². The van der Waals surface area contributed by atoms with Crippen LogP contribution in [0.1, 0.15) is 22.8 Å². The highest BCUT2D eigenvalue weighted by atomic mass is 16.5. The van der Waals surface area contributed by atoms with Crippen molar-refractivity contribution in [3.63, 3.8) is 0 Å². The van der Waals surface area contributed by atoms with Gasteiger partial charge in [0.25, 0.3) is 0 Å². The lowest BCUT2D eigenvalue weighted by molar-refractivity contribution is 0.0756. The lowest BCUT2D eigenvalue weighted by Gasteiger charge is -2.10. The third kappa shape index (κ3) is 1.53. The largest absolute Gasteiger partial charge is 0.496 e. The molecule has 3 heteroatoms. The molecule has 0 heterocycles. The molecule has 1 aromatic rings. The number of carbonyl (C=O) groups is 1. The highest BCUT2D eigenvalue weighted by Crippen LogP contribution is 2.34. The molecule has 0 fully saturated rings. The Labute approximate surface area is 88.7 Å². The van der Waals surface area contributed by atoms with Gasteiger partial charge in [0.05, 0.1) is 24.7 Å². The van der Waals surface area contributed by atoms with Gasteiger partial charge in [0.15, 0.2) is 5.78 Å². The SMILES string of the molecule is COc1cccc2c1C(=O)C(C(C)O)C2. The summed E-state index contributed by atoms with van der Waals surface area (Å²) in [5.41, 5.74) is 1.62. The fraction of sp³-hybridized carbons (Fsp3) is 0.417. The number of benzene rings is 1. The second kappa shape index (κ2) is 3.66. The summed E-state index contributed by atoms with van der Waals surface area (Å²) in [7, 11) is 1.55. The molecule has 2 atom stereocenters. The van der Waals surface area contributed by atoms with Crippen LogP contribution in [0.2, 0.25) is 0 Å². The predicted molar refractivity (Wildman–Crippen MR) is 56.2 cm³/mol. The highest BCUT2D eigenvalue weighted by molar-refractivity contribution is 6.04. The average Bonchev–Trinajstić information content (AvgIpc) is 2.56. The summed E-state index contributed by atoms with van der Waals surface area (Å²) >= 11 is 0. The van der Waals surface area contributed by atoms with E-state index in [1.54, 1.807) is 20.1 Å². The second-order valence-electron chi connectivity index (χ2n) is 3.91. The van der Waals surface area contributed by atoms with Gasteiger partial charge in [0.2, 0.25) is 0 Å². The van der Waals surface area contributed by atoms with Crippen molar-refractivity contribution in [3.8, 4) is 5.75 Å². The molecular formula is C12H14O3. The van der Waals surface area contributed by atoms with Gasteiger partial charge >= 0.3 is 0 Å². The molecular weight excluding hydrogens is 192 g/mol. The van der Waals surface area contributed by atoms with Gasteiger partial charge < -0.3 is 9.84 Å². The first-order valence-electron chi connectivity index (χ1n) is 5.03. The van der Waals surface area contributed by atoms with E-state index in [-0.39, 0.29) is 11.7 Å². The van der Waals surface area contributed by atoms with Gasteiger partial charge in [0.1, 0.15) is 5.75 Å². The van der Waals surface area contributed by atoms with Crippen molar-refractivity contribution in [2.45, 2.75) is 19.4 Å². The monoisotopic (exact) mass is 206 g/mol. The molecule has 0 aliphatic heterocycles. The minimum atomic E-state index is -0.602. The summed E-state index contributed by atoms with van der Waals surface area (Å²) in [6.45, 7) is 1.65. The maximum atomic E-state index is 12.0. The number of hydrogen-bond acceptors (Lipinski definition) is 3. The van der Waals surface area contributed by atoms with Crippen molar-refractivity contribution in [2.24, 2.45) is 5.92 Å². The number of ketones is 1. The molecule has 1 aliphatic rings. The van der Waals surface area contributed by atoms with Gasteiger partial charge in [-0.15, -0.1) is 0 Å². The topological polar surface area (TPSA) is 46.5 Å². The van der Waals surface area contributed by atoms with Crippen LogP contribution in [0.15, 0.2) is 18.2 Å². The maximum Gasteiger partial charge on any atom is 0.172 e. The van der Waals surface area contributed by atoms with Crippen molar-refractivity contribution in [3.05, 3.63) is 29.3 Å². The number of hydrogen-bond donors (Lipinski definition) is 1. The smallest absolute Gasteiger partial charge is 0.172 e. The Morgan fingerprint density at radius 2 is 2.27 bits per heavy atom. The fourth-order valence-corrected chi connectivity index (χ4v) is 2.10. The molecule has 0 aromatic heterocycles. The number of aliphatic hydroxyl groups excluding tert-OH is 1. The van der Waals surface area contributed by atoms with Gasteiger partial charge in [-0.05, 0) is 25.0 Å². The van der Waals surface area contributed by atoms with E-state index in [2.05, 4.69) is 0 Å². The Balaban J connectivity index is 2.46. The first kappa shape index (κ1) is 10.2. The zero-order chi connectivity index (χ0) is 11.0. The third-order valence-electron chi connectivity index (χ3n) is 2.94. The molecule has 0 amide bonds. The Bertz CT molecular complexity index is 396. The summed E-state index contributed by atoms with van der Waals surface area (Å²) in [6, 6.07) is 5.56. The van der Waals surface area contributed by atoms with E-state index < -0.39 is 6.10 Å². The second-order valence-corrected chi connectivity index (χ2v) is 3.91. The zero-order valence-electron chi connectivity index (χ0n) is 8.86. The molecule has 2 unspecified atom stereocenters. The first-order chi connectivity index (χ1) is 7.15. The Kier molecular flexibility index (Phi) is 2.49. The number of Topliss-reactive ketones (excluding diaryl/α,β-unsaturated/α-hetero) is 1. The molecule has 2 rings (SSSR count). The van der Waals surface area contributed by atoms with Gasteiger partial charge in [-0.3, -0.25) is 4.79 Å². The Morgan fingerprint density at radius 3 is 2.87 bits per heavy atom. The van der Waals surface area contributed by atoms with Crippen LogP contribution in [-0.2, 0) is 6.42 Å². The van der Waals surface area contributed by atoms with Crippen LogP contribution in [0.4, 0.5) is 0 Å². The van der Waals surface area contributed by atoms with Gasteiger partial charge in [-0.1, -0.05) is 12.1 Å². The summed E-state index contributed by atoms with van der Waals surface area (Å²) in [4.78, 5) is 12.0. The molecule has 0 saturated carbocycles. The van der Waals surface area contributed by atoms with Crippen LogP contribution in [0.25, 0.3) is 0 Å². The standard InChI is InChI=1S/C12H14O3/c1-7(13)9-6-8-4-3-5-10(15-2)11(8)12(9)14/h3-5,7,9,13H,6H2,1-2H3. The van der Waals surface area contributed by atoms with E-state index in [4.69, 9.17) is 4.74 Å². The molecule has 3 nitrogen and oxygen atoms in total. The van der Waals surface area contributed by atoms with Crippen molar-refractivity contribution in [2.75, 3.05) is 7.11 Å². The molecule has 0 bridgehead atoms. The van der Waals surface area contributed by atoms with E-state index >= 15 is 0 Å². The Hall–Kier alpha value is -1.35. The van der Waals surface area contributed by atoms with E-state index in [1.165, 1.54) is 0 Å². The summed E-state index contributed by atoms with van der Waals surface area (Å²) in [5.74, 6) is 0.300. The predicted octanol–water partition coefficient (Wildman–Crippen LogP) is 1.43. The minimum absolute atomic E-state index is 0.00236. The van der Waals surface area contributed by atoms with Crippen molar-refractivity contribution in [1.29, 1.82) is 0 Å². The number of aliphatic hydroxyl groups is 1. The van der Waals surface area contributed by atoms with E-state index in [1.807, 2.05) is 12.1 Å². The minimum Gasteiger partial charge on any atom is -0.496 e. The molecule has 1 aromatic carbocycles. The number of carbonyl (C=O) groups excluding carboxylic acids is 1. The summed E-state index contributed by atoms with van der Waals surface area (Å²) in [5, 5.41) is 9.50. The molecule has 0 radical (unpaired) electrons. The van der Waals surface area contributed by atoms with Crippen molar-refractivity contribution >= 4 is 5.78 Å². The van der Waals surface area contributed by atoms with Gasteiger partial charge in [0, 0.05) is 0 Å². The highest BCUT2D eigenvalue weighted by Gasteiger charge is 2.35. The molecule has 80 valence electrons. The summed E-state index contributed by atoms with van der Waals surface area (Å²) < 4.78 is 5.15. The normalized spacial score (nSPS) is 21.3. The van der Waals surface area contributed by atoms with Crippen molar-refractivity contribution in [1.82, 2.24) is 0 Å². The van der Waals surface area contributed by atoms with Gasteiger partial charge in [-0.2, -0.15) is 0 Å². The average molecular weight is 206 g/mol. The molecule has 15 heavy (non-hydrogen) atoms. The molecule has 1 N–H and O–H groups in total. The molecule has 1 aliphatic carbocycles. The van der Waals surface area contributed by atoms with E-state index in [0.717, 1.165) is 5.56 Å². The Morgan fingerprint density at radius 1 is 1.53 bits per heavy atom. The quantitative estimate of drug-likeness (QED) is 0.796. The zero-order valence-corrected chi connectivity index (χ0v) is 8.86. The summed E-state index contributed by atoms with van der Waals surface area (Å²) in [6.07, 6.45) is 0.0119. The first-order valence-corrected chi connectivity index (χ1v) is 5.03. The number of fused-ring (bicyclic) bond motifs is 1. The van der Waals surface area contributed by atoms with E-state index in [0.29, 0.717) is 17.7 Å². The van der Waals surface area contributed by atoms with Crippen LogP contribution in [0, 0.1) is 5.92 Å². The fourth-order valence-electron chi connectivity index (χ4n) is 2.10.